The van der Waals surface area contributed by atoms with Crippen molar-refractivity contribution in [2.45, 2.75) is 33.4 Å². The van der Waals surface area contributed by atoms with Crippen molar-refractivity contribution < 1.29 is 4.42 Å². The highest BCUT2D eigenvalue weighted by Gasteiger charge is 2.18. The van der Waals surface area contributed by atoms with Crippen molar-refractivity contribution in [2.75, 3.05) is 33.2 Å². The molecule has 3 rings (SSSR count). The quantitative estimate of drug-likeness (QED) is 0.865. The predicted octanol–water partition coefficient (Wildman–Crippen LogP) is 2.00. The van der Waals surface area contributed by atoms with Gasteiger partial charge in [-0.25, -0.2) is 9.67 Å². The summed E-state index contributed by atoms with van der Waals surface area (Å²) >= 11 is 0. The number of aryl methyl sites for hydroxylation is 2. The maximum Gasteiger partial charge on any atom is 0.217 e. The summed E-state index contributed by atoms with van der Waals surface area (Å²) in [5.74, 6) is 3.36. The summed E-state index contributed by atoms with van der Waals surface area (Å²) in [6, 6.07) is 3.89. The molecule has 0 spiro atoms. The third kappa shape index (κ3) is 3.39. The van der Waals surface area contributed by atoms with Gasteiger partial charge in [0.1, 0.15) is 11.6 Å². The van der Waals surface area contributed by atoms with Crippen LogP contribution >= 0.6 is 0 Å². The van der Waals surface area contributed by atoms with Crippen LogP contribution in [0.25, 0.3) is 11.6 Å². The van der Waals surface area contributed by atoms with Crippen molar-refractivity contribution in [1.29, 1.82) is 0 Å². The Balaban J connectivity index is 1.76. The molecule has 0 aromatic carbocycles. The first-order valence-electron chi connectivity index (χ1n) is 8.07. The zero-order chi connectivity index (χ0) is 15.5. The smallest absolute Gasteiger partial charge is 0.217 e. The SMILES string of the molecule is CCn1nc(-c2ccc(C)o2)nc1CN1CCCN(C)CC1. The molecular weight excluding hydrogens is 278 g/mol. The van der Waals surface area contributed by atoms with Gasteiger partial charge in [-0.05, 0) is 52.5 Å². The van der Waals surface area contributed by atoms with E-state index in [0.717, 1.165) is 50.1 Å². The highest BCUT2D eigenvalue weighted by atomic mass is 16.3. The minimum atomic E-state index is 0.692. The van der Waals surface area contributed by atoms with E-state index >= 15 is 0 Å². The Morgan fingerprint density at radius 3 is 2.77 bits per heavy atom. The van der Waals surface area contributed by atoms with E-state index in [2.05, 4.69) is 28.9 Å². The predicted molar refractivity (Wildman–Crippen MR) is 85.5 cm³/mol. The number of nitrogens with zero attached hydrogens (tertiary/aromatic N) is 5. The van der Waals surface area contributed by atoms with Gasteiger partial charge in [0.05, 0.1) is 6.54 Å². The molecule has 0 aliphatic carbocycles. The van der Waals surface area contributed by atoms with Crippen LogP contribution in [0.2, 0.25) is 0 Å². The van der Waals surface area contributed by atoms with Crippen LogP contribution in [0.3, 0.4) is 0 Å². The van der Waals surface area contributed by atoms with Gasteiger partial charge in [-0.2, -0.15) is 0 Å². The van der Waals surface area contributed by atoms with Crippen LogP contribution in [-0.4, -0.2) is 57.8 Å². The molecule has 1 saturated heterocycles. The van der Waals surface area contributed by atoms with Gasteiger partial charge in [0.15, 0.2) is 5.76 Å². The molecule has 0 N–H and O–H groups in total. The minimum Gasteiger partial charge on any atom is -0.458 e. The highest BCUT2D eigenvalue weighted by molar-refractivity contribution is 5.46. The number of furan rings is 1. The molecule has 0 saturated carbocycles. The Labute approximate surface area is 131 Å². The zero-order valence-electron chi connectivity index (χ0n) is 13.7. The first-order chi connectivity index (χ1) is 10.7. The van der Waals surface area contributed by atoms with Crippen molar-refractivity contribution in [3.05, 3.63) is 23.7 Å². The van der Waals surface area contributed by atoms with Gasteiger partial charge in [-0.15, -0.1) is 5.10 Å². The summed E-state index contributed by atoms with van der Waals surface area (Å²) in [7, 11) is 2.19. The highest BCUT2D eigenvalue weighted by Crippen LogP contribution is 2.19. The number of aromatic nitrogens is 3. The molecule has 6 nitrogen and oxygen atoms in total. The Hall–Kier alpha value is -1.66. The van der Waals surface area contributed by atoms with Gasteiger partial charge in [-0.3, -0.25) is 4.90 Å². The van der Waals surface area contributed by atoms with E-state index in [4.69, 9.17) is 9.40 Å². The second kappa shape index (κ2) is 6.62. The minimum absolute atomic E-state index is 0.692. The second-order valence-electron chi connectivity index (χ2n) is 6.01. The maximum atomic E-state index is 5.65. The van der Waals surface area contributed by atoms with Gasteiger partial charge >= 0.3 is 0 Å². The Morgan fingerprint density at radius 1 is 1.18 bits per heavy atom. The third-order valence-corrected chi connectivity index (χ3v) is 4.19. The van der Waals surface area contributed by atoms with E-state index in [1.165, 1.54) is 13.0 Å². The Morgan fingerprint density at radius 2 is 2.05 bits per heavy atom. The monoisotopic (exact) mass is 303 g/mol. The Bertz CT molecular complexity index is 618. The average molecular weight is 303 g/mol. The van der Waals surface area contributed by atoms with E-state index < -0.39 is 0 Å². The van der Waals surface area contributed by atoms with Crippen molar-refractivity contribution in [3.63, 3.8) is 0 Å². The molecule has 1 fully saturated rings. The molecule has 0 atom stereocenters. The maximum absolute atomic E-state index is 5.65. The van der Waals surface area contributed by atoms with E-state index in [1.807, 2.05) is 23.7 Å². The average Bonchev–Trinajstić information content (AvgIpc) is 3.04. The lowest BCUT2D eigenvalue weighted by Gasteiger charge is -2.19. The summed E-state index contributed by atoms with van der Waals surface area (Å²) < 4.78 is 7.64. The second-order valence-corrected chi connectivity index (χ2v) is 6.01. The molecule has 22 heavy (non-hydrogen) atoms. The Kier molecular flexibility index (Phi) is 4.59. The van der Waals surface area contributed by atoms with E-state index in [-0.39, 0.29) is 0 Å². The van der Waals surface area contributed by atoms with E-state index in [1.54, 1.807) is 0 Å². The normalized spacial score (nSPS) is 17.8. The molecule has 1 aliphatic heterocycles. The van der Waals surface area contributed by atoms with Crippen LogP contribution in [0.5, 0.6) is 0 Å². The number of likely N-dealkylation sites (N-methyl/N-ethyl adjacent to an activating group) is 1. The zero-order valence-corrected chi connectivity index (χ0v) is 13.7. The molecule has 0 bridgehead atoms. The fraction of sp³-hybridized carbons (Fsp3) is 0.625. The van der Waals surface area contributed by atoms with Crippen LogP contribution < -0.4 is 0 Å². The summed E-state index contributed by atoms with van der Waals surface area (Å²) in [6.45, 7) is 10.2. The lowest BCUT2D eigenvalue weighted by Crippen LogP contribution is -2.29. The molecule has 0 radical (unpaired) electrons. The van der Waals surface area contributed by atoms with Gasteiger partial charge in [0, 0.05) is 19.6 Å². The standard InChI is InChI=1S/C16H25N5O/c1-4-21-15(12-20-9-5-8-19(3)10-11-20)17-16(18-21)14-7-6-13(2)22-14/h6-7H,4-5,8-12H2,1-3H3. The van der Waals surface area contributed by atoms with Gasteiger partial charge in [0.2, 0.25) is 5.82 Å². The van der Waals surface area contributed by atoms with Crippen molar-refractivity contribution in [3.8, 4) is 11.6 Å². The summed E-state index contributed by atoms with van der Waals surface area (Å²) in [5.41, 5.74) is 0. The van der Waals surface area contributed by atoms with Crippen LogP contribution in [0.1, 0.15) is 24.9 Å². The van der Waals surface area contributed by atoms with Gasteiger partial charge in [-0.1, -0.05) is 0 Å². The van der Waals surface area contributed by atoms with Crippen LogP contribution in [-0.2, 0) is 13.1 Å². The fourth-order valence-electron chi connectivity index (χ4n) is 2.86. The van der Waals surface area contributed by atoms with Crippen molar-refractivity contribution in [1.82, 2.24) is 24.6 Å². The van der Waals surface area contributed by atoms with Crippen LogP contribution in [0.15, 0.2) is 16.5 Å². The molecule has 6 heteroatoms. The first-order valence-corrected chi connectivity index (χ1v) is 8.07. The molecule has 1 aliphatic rings. The number of hydrogen-bond donors (Lipinski definition) is 0. The number of hydrogen-bond acceptors (Lipinski definition) is 5. The van der Waals surface area contributed by atoms with Gasteiger partial charge < -0.3 is 9.32 Å². The lowest BCUT2D eigenvalue weighted by molar-refractivity contribution is 0.258. The third-order valence-electron chi connectivity index (χ3n) is 4.19. The molecule has 2 aromatic heterocycles. The van der Waals surface area contributed by atoms with Crippen LogP contribution in [0, 0.1) is 6.92 Å². The first kappa shape index (κ1) is 15.2. The van der Waals surface area contributed by atoms with E-state index in [0.29, 0.717) is 5.82 Å². The summed E-state index contributed by atoms with van der Waals surface area (Å²) in [6.07, 6.45) is 1.21. The van der Waals surface area contributed by atoms with E-state index in [9.17, 15) is 0 Å². The van der Waals surface area contributed by atoms with Crippen molar-refractivity contribution in [2.24, 2.45) is 0 Å². The summed E-state index contributed by atoms with van der Waals surface area (Å²) in [5, 5.41) is 4.59. The summed E-state index contributed by atoms with van der Waals surface area (Å²) in [4.78, 5) is 9.57. The van der Waals surface area contributed by atoms with Crippen molar-refractivity contribution >= 4 is 0 Å². The van der Waals surface area contributed by atoms with Gasteiger partial charge in [0.25, 0.3) is 0 Å². The molecule has 120 valence electrons. The molecule has 2 aromatic rings. The molecule has 0 amide bonds. The topological polar surface area (TPSA) is 50.3 Å². The fourth-order valence-corrected chi connectivity index (χ4v) is 2.86. The lowest BCUT2D eigenvalue weighted by atomic mass is 10.4. The molecule has 3 heterocycles. The number of rotatable bonds is 4. The molecule has 0 unspecified atom stereocenters. The van der Waals surface area contributed by atoms with Crippen LogP contribution in [0.4, 0.5) is 0 Å². The molecular formula is C16H25N5O. The largest absolute Gasteiger partial charge is 0.458 e.